The molecule has 3 atom stereocenters. The van der Waals surface area contributed by atoms with E-state index in [4.69, 9.17) is 10.8 Å². The second kappa shape index (κ2) is 6.88. The number of rotatable bonds is 5. The quantitative estimate of drug-likeness (QED) is 0.793. The molecule has 3 N–H and O–H groups in total. The topological polar surface area (TPSA) is 49.5 Å². The molecule has 0 radical (unpaired) electrons. The minimum Gasteiger partial charge on any atom is -0.396 e. The van der Waals surface area contributed by atoms with Crippen molar-refractivity contribution in [3.8, 4) is 0 Å². The summed E-state index contributed by atoms with van der Waals surface area (Å²) in [5.74, 6) is 0.651. The number of aliphatic hydroxyl groups excluding tert-OH is 1. The van der Waals surface area contributed by atoms with Crippen molar-refractivity contribution in [2.75, 3.05) is 19.7 Å². The SMILES string of the molecule is CCC(N)C(N1CCCC(CCO)C1)C(C)(C)C. The molecular weight excluding hydrogens is 224 g/mol. The molecule has 0 aromatic rings. The van der Waals surface area contributed by atoms with Gasteiger partial charge in [0.15, 0.2) is 0 Å². The molecule has 3 nitrogen and oxygen atoms in total. The van der Waals surface area contributed by atoms with Gasteiger partial charge < -0.3 is 10.8 Å². The Balaban J connectivity index is 2.73. The van der Waals surface area contributed by atoms with Crippen LogP contribution in [-0.2, 0) is 0 Å². The highest BCUT2D eigenvalue weighted by molar-refractivity contribution is 4.92. The molecule has 0 bridgehead atoms. The molecule has 1 rings (SSSR count). The summed E-state index contributed by atoms with van der Waals surface area (Å²) in [5, 5.41) is 9.12. The first-order valence-electron chi connectivity index (χ1n) is 7.50. The van der Waals surface area contributed by atoms with Crippen molar-refractivity contribution >= 4 is 0 Å². The van der Waals surface area contributed by atoms with Crippen LogP contribution in [0.5, 0.6) is 0 Å². The number of piperidine rings is 1. The van der Waals surface area contributed by atoms with Crippen molar-refractivity contribution in [3.63, 3.8) is 0 Å². The van der Waals surface area contributed by atoms with E-state index in [9.17, 15) is 0 Å². The summed E-state index contributed by atoms with van der Waals surface area (Å²) in [7, 11) is 0. The Labute approximate surface area is 113 Å². The molecule has 0 aromatic carbocycles. The van der Waals surface area contributed by atoms with E-state index in [0.29, 0.717) is 18.6 Å². The van der Waals surface area contributed by atoms with Crippen molar-refractivity contribution in [2.24, 2.45) is 17.1 Å². The zero-order valence-electron chi connectivity index (χ0n) is 12.7. The lowest BCUT2D eigenvalue weighted by Crippen LogP contribution is -2.57. The molecule has 1 saturated heterocycles. The normalized spacial score (nSPS) is 26.0. The number of hydrogen-bond acceptors (Lipinski definition) is 3. The van der Waals surface area contributed by atoms with E-state index in [1.165, 1.54) is 12.8 Å². The van der Waals surface area contributed by atoms with Crippen LogP contribution >= 0.6 is 0 Å². The third-order valence-electron chi connectivity index (χ3n) is 4.25. The Morgan fingerprint density at radius 1 is 1.39 bits per heavy atom. The van der Waals surface area contributed by atoms with E-state index in [1.807, 2.05) is 0 Å². The predicted octanol–water partition coefficient (Wildman–Crippen LogP) is 2.23. The summed E-state index contributed by atoms with van der Waals surface area (Å²) in [6.07, 6.45) is 4.47. The largest absolute Gasteiger partial charge is 0.396 e. The van der Waals surface area contributed by atoms with E-state index in [0.717, 1.165) is 25.9 Å². The summed E-state index contributed by atoms with van der Waals surface area (Å²) in [6.45, 7) is 11.7. The van der Waals surface area contributed by atoms with E-state index in [-0.39, 0.29) is 11.5 Å². The fourth-order valence-corrected chi connectivity index (χ4v) is 3.45. The molecule has 3 unspecified atom stereocenters. The van der Waals surface area contributed by atoms with Crippen molar-refractivity contribution in [3.05, 3.63) is 0 Å². The van der Waals surface area contributed by atoms with Crippen molar-refractivity contribution in [1.82, 2.24) is 4.90 Å². The zero-order valence-corrected chi connectivity index (χ0v) is 12.7. The van der Waals surface area contributed by atoms with E-state index in [2.05, 4.69) is 32.6 Å². The van der Waals surface area contributed by atoms with Gasteiger partial charge >= 0.3 is 0 Å². The third-order valence-corrected chi connectivity index (χ3v) is 4.25. The van der Waals surface area contributed by atoms with Gasteiger partial charge in [-0.3, -0.25) is 4.90 Å². The molecule has 1 aliphatic rings. The molecule has 108 valence electrons. The van der Waals surface area contributed by atoms with Gasteiger partial charge in [-0.05, 0) is 43.6 Å². The Morgan fingerprint density at radius 2 is 2.06 bits per heavy atom. The fourth-order valence-electron chi connectivity index (χ4n) is 3.45. The second-order valence-corrected chi connectivity index (χ2v) is 6.90. The Bertz CT molecular complexity index is 235. The molecule has 1 heterocycles. The first-order valence-corrected chi connectivity index (χ1v) is 7.50. The number of likely N-dealkylation sites (tertiary alicyclic amines) is 1. The Kier molecular flexibility index (Phi) is 6.09. The molecule has 0 aliphatic carbocycles. The van der Waals surface area contributed by atoms with Gasteiger partial charge in [0.25, 0.3) is 0 Å². The maximum atomic E-state index is 9.12. The van der Waals surface area contributed by atoms with Gasteiger partial charge in [0.2, 0.25) is 0 Å². The van der Waals surface area contributed by atoms with Crippen LogP contribution in [-0.4, -0.2) is 41.8 Å². The average molecular weight is 256 g/mol. The van der Waals surface area contributed by atoms with Gasteiger partial charge in [-0.15, -0.1) is 0 Å². The average Bonchev–Trinajstić information content (AvgIpc) is 2.28. The molecule has 0 saturated carbocycles. The number of aliphatic hydroxyl groups is 1. The molecule has 1 fully saturated rings. The molecule has 3 heteroatoms. The number of nitrogens with two attached hydrogens (primary N) is 1. The van der Waals surface area contributed by atoms with Crippen molar-refractivity contribution < 1.29 is 5.11 Å². The highest BCUT2D eigenvalue weighted by atomic mass is 16.3. The first kappa shape index (κ1) is 15.9. The number of hydrogen-bond donors (Lipinski definition) is 2. The third kappa shape index (κ3) is 4.22. The van der Waals surface area contributed by atoms with E-state index < -0.39 is 0 Å². The maximum Gasteiger partial charge on any atom is 0.0434 e. The summed E-state index contributed by atoms with van der Waals surface area (Å²) >= 11 is 0. The van der Waals surface area contributed by atoms with Crippen molar-refractivity contribution in [1.29, 1.82) is 0 Å². The highest BCUT2D eigenvalue weighted by Gasteiger charge is 2.36. The summed E-state index contributed by atoms with van der Waals surface area (Å²) in [4.78, 5) is 2.58. The van der Waals surface area contributed by atoms with Gasteiger partial charge in [0.05, 0.1) is 0 Å². The highest BCUT2D eigenvalue weighted by Crippen LogP contribution is 2.31. The predicted molar refractivity (Wildman–Crippen MR) is 77.5 cm³/mol. The Hall–Kier alpha value is -0.120. The van der Waals surface area contributed by atoms with Crippen LogP contribution in [0.15, 0.2) is 0 Å². The van der Waals surface area contributed by atoms with Crippen LogP contribution in [0.1, 0.15) is 53.4 Å². The summed E-state index contributed by atoms with van der Waals surface area (Å²) in [5.41, 5.74) is 6.58. The molecule has 1 aliphatic heterocycles. The molecule has 0 spiro atoms. The maximum absolute atomic E-state index is 9.12. The molecule has 0 aromatic heterocycles. The fraction of sp³-hybridized carbons (Fsp3) is 1.00. The minimum absolute atomic E-state index is 0.219. The van der Waals surface area contributed by atoms with Crippen LogP contribution in [0.3, 0.4) is 0 Å². The monoisotopic (exact) mass is 256 g/mol. The Morgan fingerprint density at radius 3 is 2.56 bits per heavy atom. The first-order chi connectivity index (χ1) is 8.40. The van der Waals surface area contributed by atoms with Gasteiger partial charge in [0, 0.05) is 25.2 Å². The standard InChI is InChI=1S/C15H32N2O/c1-5-13(16)14(15(2,3)4)17-9-6-7-12(11-17)8-10-18/h12-14,18H,5-11,16H2,1-4H3. The van der Waals surface area contributed by atoms with Crippen LogP contribution in [0, 0.1) is 11.3 Å². The lowest BCUT2D eigenvalue weighted by molar-refractivity contribution is 0.0347. The van der Waals surface area contributed by atoms with Gasteiger partial charge in [-0.2, -0.15) is 0 Å². The smallest absolute Gasteiger partial charge is 0.0434 e. The minimum atomic E-state index is 0.219. The van der Waals surface area contributed by atoms with E-state index >= 15 is 0 Å². The summed E-state index contributed by atoms with van der Waals surface area (Å²) < 4.78 is 0. The lowest BCUT2D eigenvalue weighted by atomic mass is 9.79. The van der Waals surface area contributed by atoms with Crippen LogP contribution in [0.4, 0.5) is 0 Å². The lowest BCUT2D eigenvalue weighted by Gasteiger charge is -2.46. The van der Waals surface area contributed by atoms with Gasteiger partial charge in [-0.1, -0.05) is 27.7 Å². The molecular formula is C15H32N2O. The molecule has 18 heavy (non-hydrogen) atoms. The van der Waals surface area contributed by atoms with Gasteiger partial charge in [-0.25, -0.2) is 0 Å². The van der Waals surface area contributed by atoms with Crippen LogP contribution in [0.2, 0.25) is 0 Å². The van der Waals surface area contributed by atoms with Crippen LogP contribution in [0.25, 0.3) is 0 Å². The molecule has 0 amide bonds. The van der Waals surface area contributed by atoms with Crippen LogP contribution < -0.4 is 5.73 Å². The van der Waals surface area contributed by atoms with Crippen molar-refractivity contribution in [2.45, 2.75) is 65.5 Å². The van der Waals surface area contributed by atoms with Gasteiger partial charge in [0.1, 0.15) is 0 Å². The second-order valence-electron chi connectivity index (χ2n) is 6.90. The number of nitrogens with zero attached hydrogens (tertiary/aromatic N) is 1. The van der Waals surface area contributed by atoms with E-state index in [1.54, 1.807) is 0 Å². The zero-order chi connectivity index (χ0) is 13.8. The summed E-state index contributed by atoms with van der Waals surface area (Å²) in [6, 6.07) is 0.696.